The maximum atomic E-state index is 11.8. The summed E-state index contributed by atoms with van der Waals surface area (Å²) in [5.74, 6) is 0.109. The van der Waals surface area contributed by atoms with Crippen LogP contribution in [0.4, 0.5) is 5.69 Å². The van der Waals surface area contributed by atoms with Crippen LogP contribution < -0.4 is 4.90 Å². The molecule has 1 heterocycles. The van der Waals surface area contributed by atoms with Crippen LogP contribution >= 0.6 is 12.6 Å². The molecule has 1 aliphatic heterocycles. The molecule has 1 fully saturated rings. The van der Waals surface area contributed by atoms with Crippen molar-refractivity contribution in [1.29, 1.82) is 0 Å². The van der Waals surface area contributed by atoms with Crippen molar-refractivity contribution in [3.63, 3.8) is 0 Å². The maximum Gasteiger partial charge on any atom is 0.228 e. The van der Waals surface area contributed by atoms with E-state index in [2.05, 4.69) is 12.6 Å². The summed E-state index contributed by atoms with van der Waals surface area (Å²) in [4.78, 5) is 13.5. The second kappa shape index (κ2) is 4.47. The van der Waals surface area contributed by atoms with Crippen molar-refractivity contribution in [2.24, 2.45) is 0 Å². The Morgan fingerprint density at radius 2 is 2.31 bits per heavy atom. The number of rotatable bonds is 2. The molecule has 1 N–H and O–H groups in total. The third-order valence-corrected chi connectivity index (χ3v) is 3.20. The Balaban J connectivity index is 2.35. The Bertz CT molecular complexity index is 419. The first kappa shape index (κ1) is 11.5. The number of anilines is 1. The normalized spacial score (nSPS) is 20.6. The van der Waals surface area contributed by atoms with E-state index in [-0.39, 0.29) is 17.8 Å². The fraction of sp³-hybridized carbons (Fsp3) is 0.417. The van der Waals surface area contributed by atoms with Crippen LogP contribution in [0, 0.1) is 6.92 Å². The Morgan fingerprint density at radius 1 is 1.56 bits per heavy atom. The first-order valence-corrected chi connectivity index (χ1v) is 5.82. The summed E-state index contributed by atoms with van der Waals surface area (Å²) in [6.07, 6.45) is 0.492. The van der Waals surface area contributed by atoms with Crippen molar-refractivity contribution in [1.82, 2.24) is 0 Å². The Morgan fingerprint density at radius 3 is 2.88 bits per heavy atom. The van der Waals surface area contributed by atoms with Crippen LogP contribution in [0.15, 0.2) is 18.2 Å². The lowest BCUT2D eigenvalue weighted by molar-refractivity contribution is -0.117. The van der Waals surface area contributed by atoms with Gasteiger partial charge in [0.1, 0.15) is 0 Å². The highest BCUT2D eigenvalue weighted by Crippen LogP contribution is 2.28. The van der Waals surface area contributed by atoms with Gasteiger partial charge in [0.05, 0.1) is 6.61 Å². The van der Waals surface area contributed by atoms with E-state index in [9.17, 15) is 4.79 Å². The topological polar surface area (TPSA) is 40.5 Å². The average Bonchev–Trinajstić information content (AvgIpc) is 2.58. The third kappa shape index (κ3) is 2.08. The molecule has 2 rings (SSSR count). The van der Waals surface area contributed by atoms with E-state index in [0.717, 1.165) is 16.8 Å². The lowest BCUT2D eigenvalue weighted by Gasteiger charge is -2.19. The number of thiol groups is 1. The van der Waals surface area contributed by atoms with Crippen molar-refractivity contribution >= 4 is 24.2 Å². The molecular formula is C12H15NO2S. The number of hydrogen-bond donors (Lipinski definition) is 2. The number of carbonyl (C=O) groups is 1. The molecule has 86 valence electrons. The highest BCUT2D eigenvalue weighted by atomic mass is 32.1. The molecule has 0 aromatic heterocycles. The number of aryl methyl sites for hydroxylation is 1. The van der Waals surface area contributed by atoms with Crippen LogP contribution in [0.3, 0.4) is 0 Å². The second-order valence-corrected chi connectivity index (χ2v) is 4.87. The molecule has 3 nitrogen and oxygen atoms in total. The van der Waals surface area contributed by atoms with Gasteiger partial charge in [-0.05, 0) is 24.1 Å². The molecule has 1 unspecified atom stereocenters. The molecule has 16 heavy (non-hydrogen) atoms. The summed E-state index contributed by atoms with van der Waals surface area (Å²) in [6, 6.07) is 5.68. The van der Waals surface area contributed by atoms with Gasteiger partial charge in [-0.15, -0.1) is 0 Å². The molecular weight excluding hydrogens is 222 g/mol. The molecule has 1 aliphatic rings. The molecule has 0 saturated carbocycles. The number of hydrogen-bond acceptors (Lipinski definition) is 3. The average molecular weight is 237 g/mol. The van der Waals surface area contributed by atoms with Crippen LogP contribution in [-0.2, 0) is 11.4 Å². The van der Waals surface area contributed by atoms with Gasteiger partial charge in [-0.1, -0.05) is 12.1 Å². The zero-order valence-corrected chi connectivity index (χ0v) is 10.1. The molecule has 1 aromatic rings. The SMILES string of the molecule is Cc1ccc(CO)cc1N1CC(S)CC1=O. The number of nitrogens with zero attached hydrogens (tertiary/aromatic N) is 1. The molecule has 4 heteroatoms. The monoisotopic (exact) mass is 237 g/mol. The molecule has 1 amide bonds. The molecule has 0 aliphatic carbocycles. The number of aliphatic hydroxyl groups is 1. The summed E-state index contributed by atoms with van der Waals surface area (Å²) in [6.45, 7) is 2.62. The van der Waals surface area contributed by atoms with Crippen LogP contribution in [0.1, 0.15) is 17.5 Å². The highest BCUT2D eigenvalue weighted by molar-refractivity contribution is 7.81. The fourth-order valence-corrected chi connectivity index (χ4v) is 2.29. The van der Waals surface area contributed by atoms with Crippen molar-refractivity contribution in [3.05, 3.63) is 29.3 Å². The van der Waals surface area contributed by atoms with Gasteiger partial charge in [-0.2, -0.15) is 12.6 Å². The number of amides is 1. The van der Waals surface area contributed by atoms with E-state index >= 15 is 0 Å². The minimum atomic E-state index is -0.000383. The van der Waals surface area contributed by atoms with Gasteiger partial charge in [-0.3, -0.25) is 4.79 Å². The molecule has 1 aromatic carbocycles. The van der Waals surface area contributed by atoms with Gasteiger partial charge in [0.2, 0.25) is 5.91 Å². The minimum absolute atomic E-state index is 0.000383. The van der Waals surface area contributed by atoms with Gasteiger partial charge >= 0.3 is 0 Å². The largest absolute Gasteiger partial charge is 0.392 e. The van der Waals surface area contributed by atoms with E-state index in [1.807, 2.05) is 25.1 Å². The smallest absolute Gasteiger partial charge is 0.228 e. The quantitative estimate of drug-likeness (QED) is 0.766. The molecule has 1 saturated heterocycles. The number of benzene rings is 1. The van der Waals surface area contributed by atoms with Crippen molar-refractivity contribution < 1.29 is 9.90 Å². The van der Waals surface area contributed by atoms with E-state index in [0.29, 0.717) is 13.0 Å². The summed E-state index contributed by atoms with van der Waals surface area (Å²) >= 11 is 4.33. The van der Waals surface area contributed by atoms with Gasteiger partial charge in [0.25, 0.3) is 0 Å². The predicted octanol–water partition coefficient (Wildman–Crippen LogP) is 1.52. The van der Waals surface area contributed by atoms with Crippen molar-refractivity contribution in [3.8, 4) is 0 Å². The lowest BCUT2D eigenvalue weighted by atomic mass is 10.1. The predicted molar refractivity (Wildman–Crippen MR) is 66.8 cm³/mol. The van der Waals surface area contributed by atoms with Crippen LogP contribution in [0.2, 0.25) is 0 Å². The van der Waals surface area contributed by atoms with Gasteiger partial charge in [0.15, 0.2) is 0 Å². The van der Waals surface area contributed by atoms with E-state index < -0.39 is 0 Å². The Kier molecular flexibility index (Phi) is 3.21. The van der Waals surface area contributed by atoms with Gasteiger partial charge in [-0.25, -0.2) is 0 Å². The standard InChI is InChI=1S/C12H15NO2S/c1-8-2-3-9(7-14)4-11(8)13-6-10(16)5-12(13)15/h2-4,10,14,16H,5-7H2,1H3. The summed E-state index contributed by atoms with van der Waals surface area (Å²) in [5, 5.41) is 9.21. The van der Waals surface area contributed by atoms with Crippen molar-refractivity contribution in [2.75, 3.05) is 11.4 Å². The van der Waals surface area contributed by atoms with Crippen LogP contribution in [0.25, 0.3) is 0 Å². The lowest BCUT2D eigenvalue weighted by Crippen LogP contribution is -2.25. The number of carbonyl (C=O) groups excluding carboxylic acids is 1. The van der Waals surface area contributed by atoms with Crippen LogP contribution in [-0.4, -0.2) is 22.8 Å². The summed E-state index contributed by atoms with van der Waals surface area (Å²) in [7, 11) is 0. The zero-order chi connectivity index (χ0) is 11.7. The molecule has 1 atom stereocenters. The van der Waals surface area contributed by atoms with E-state index in [1.54, 1.807) is 4.90 Å². The minimum Gasteiger partial charge on any atom is -0.392 e. The highest BCUT2D eigenvalue weighted by Gasteiger charge is 2.29. The first-order chi connectivity index (χ1) is 7.61. The molecule has 0 spiro atoms. The maximum absolute atomic E-state index is 11.8. The third-order valence-electron chi connectivity index (χ3n) is 2.85. The summed E-state index contributed by atoms with van der Waals surface area (Å²) < 4.78 is 0. The zero-order valence-electron chi connectivity index (χ0n) is 9.18. The molecule has 0 bridgehead atoms. The van der Waals surface area contributed by atoms with E-state index in [4.69, 9.17) is 5.11 Å². The van der Waals surface area contributed by atoms with Gasteiger partial charge in [0, 0.05) is 23.9 Å². The number of aliphatic hydroxyl groups excluding tert-OH is 1. The Labute approximate surface area is 100 Å². The second-order valence-electron chi connectivity index (χ2n) is 4.14. The first-order valence-electron chi connectivity index (χ1n) is 5.30. The Hall–Kier alpha value is -1.00. The van der Waals surface area contributed by atoms with E-state index in [1.165, 1.54) is 0 Å². The molecule has 0 radical (unpaired) electrons. The van der Waals surface area contributed by atoms with Crippen LogP contribution in [0.5, 0.6) is 0 Å². The van der Waals surface area contributed by atoms with Crippen molar-refractivity contribution in [2.45, 2.75) is 25.2 Å². The fourth-order valence-electron chi connectivity index (χ4n) is 1.97. The summed E-state index contributed by atoms with van der Waals surface area (Å²) in [5.41, 5.74) is 2.78. The van der Waals surface area contributed by atoms with Gasteiger partial charge < -0.3 is 10.0 Å².